The second-order valence-electron chi connectivity index (χ2n) is 5.86. The van der Waals surface area contributed by atoms with Gasteiger partial charge in [-0.3, -0.25) is 4.90 Å². The Hall–Kier alpha value is -2.43. The fraction of sp³-hybridized carbons (Fsp3) is 0.538. The van der Waals surface area contributed by atoms with E-state index in [0.717, 1.165) is 0 Å². The second kappa shape index (κ2) is 6.54. The number of amidine groups is 2. The van der Waals surface area contributed by atoms with E-state index in [1.165, 1.54) is 4.99 Å². The maximum Gasteiger partial charge on any atom is 0.460 e. The van der Waals surface area contributed by atoms with Gasteiger partial charge in [0.15, 0.2) is 5.84 Å². The largest absolute Gasteiger partial charge is 0.460 e. The molecule has 18 heteroatoms. The first-order valence-corrected chi connectivity index (χ1v) is 7.22. The van der Waals surface area contributed by atoms with Gasteiger partial charge < -0.3 is 0 Å². The van der Waals surface area contributed by atoms with Gasteiger partial charge in [0.1, 0.15) is 5.84 Å². The van der Waals surface area contributed by atoms with Crippen LogP contribution in [0, 0.1) is 0 Å². The Kier molecular flexibility index (Phi) is 5.24. The summed E-state index contributed by atoms with van der Waals surface area (Å²) in [4.78, 5) is 2.89. The third kappa shape index (κ3) is 3.33. The molecule has 0 amide bonds. The highest BCUT2D eigenvalue weighted by molar-refractivity contribution is 6.11. The minimum atomic E-state index is -7.37. The van der Waals surface area contributed by atoms with E-state index in [1.54, 1.807) is 0 Å². The number of halogens is 15. The Balaban J connectivity index is 2.81. The number of hydrogen-bond acceptors (Lipinski definition) is 3. The van der Waals surface area contributed by atoms with Gasteiger partial charge in [0.05, 0.1) is 0 Å². The Labute approximate surface area is 160 Å². The van der Waals surface area contributed by atoms with Crippen LogP contribution in [0.25, 0.3) is 0 Å². The summed E-state index contributed by atoms with van der Waals surface area (Å²) in [7, 11) is 0. The van der Waals surface area contributed by atoms with E-state index in [1.807, 2.05) is 0 Å². The topological polar surface area (TPSA) is 28.0 Å². The van der Waals surface area contributed by atoms with Gasteiger partial charge in [-0.15, -0.1) is 0 Å². The summed E-state index contributed by atoms with van der Waals surface area (Å²) in [6.45, 7) is 0. The average molecular weight is 487 g/mol. The van der Waals surface area contributed by atoms with Gasteiger partial charge in [-0.2, -0.15) is 70.8 Å². The van der Waals surface area contributed by atoms with Crippen LogP contribution in [-0.4, -0.2) is 58.5 Å². The van der Waals surface area contributed by atoms with Gasteiger partial charge in [-0.05, 0) is 12.2 Å². The van der Waals surface area contributed by atoms with Crippen molar-refractivity contribution in [1.29, 1.82) is 0 Å². The number of alkyl halides is 15. The van der Waals surface area contributed by atoms with Gasteiger partial charge in [0.2, 0.25) is 0 Å². The zero-order chi connectivity index (χ0) is 24.5. The van der Waals surface area contributed by atoms with Gasteiger partial charge >= 0.3 is 42.0 Å². The number of rotatable bonds is 4. The lowest BCUT2D eigenvalue weighted by atomic mass is 10.0. The van der Waals surface area contributed by atoms with E-state index in [9.17, 15) is 65.9 Å². The summed E-state index contributed by atoms with van der Waals surface area (Å²) in [5.74, 6) is -39.5. The van der Waals surface area contributed by atoms with Crippen LogP contribution in [0.5, 0.6) is 0 Å². The van der Waals surface area contributed by atoms with E-state index in [2.05, 4.69) is 4.99 Å². The number of fused-ring (bicyclic) bond motifs is 1. The lowest BCUT2D eigenvalue weighted by Gasteiger charge is -2.41. The molecule has 1 unspecified atom stereocenters. The molecule has 3 nitrogen and oxygen atoms in total. The molecular formula is C13H4F15N3. The first kappa shape index (κ1) is 24.8. The highest BCUT2D eigenvalue weighted by Crippen LogP contribution is 2.55. The summed E-state index contributed by atoms with van der Waals surface area (Å²) >= 11 is 0. The molecule has 0 spiro atoms. The molecule has 0 aliphatic carbocycles. The van der Waals surface area contributed by atoms with E-state index in [-0.39, 0.29) is 12.3 Å². The van der Waals surface area contributed by atoms with Gasteiger partial charge in [-0.1, -0.05) is 6.08 Å². The standard InChI is InChI=1S/C13H4F15N3/c14-7(15,8(16,17)11(22,23)24)6-30-13(28,29-5-3-1-2-4-31(5)6)10(20,21)9(18,19)12(25,26)27/h1-4H. The average Bonchev–Trinajstić information content (AvgIpc) is 2.58. The molecule has 2 heterocycles. The van der Waals surface area contributed by atoms with Crippen molar-refractivity contribution in [2.75, 3.05) is 0 Å². The lowest BCUT2D eigenvalue weighted by molar-refractivity contribution is -0.378. The van der Waals surface area contributed by atoms with Crippen LogP contribution in [0.1, 0.15) is 0 Å². The zero-order valence-corrected chi connectivity index (χ0v) is 13.8. The molecule has 1 atom stereocenters. The number of aliphatic imine (C=N–C) groups is 2. The van der Waals surface area contributed by atoms with Crippen molar-refractivity contribution in [2.45, 2.75) is 42.0 Å². The highest BCUT2D eigenvalue weighted by Gasteiger charge is 2.83. The molecule has 0 saturated carbocycles. The summed E-state index contributed by atoms with van der Waals surface area (Å²) in [5.41, 5.74) is 0. The Morgan fingerprint density at radius 2 is 1.16 bits per heavy atom. The van der Waals surface area contributed by atoms with Gasteiger partial charge in [0.25, 0.3) is 0 Å². The molecule has 176 valence electrons. The Morgan fingerprint density at radius 3 is 1.61 bits per heavy atom. The monoisotopic (exact) mass is 487 g/mol. The van der Waals surface area contributed by atoms with E-state index >= 15 is 0 Å². The van der Waals surface area contributed by atoms with Crippen molar-refractivity contribution in [1.82, 2.24) is 4.90 Å². The number of allylic oxidation sites excluding steroid dienone is 2. The van der Waals surface area contributed by atoms with Crippen LogP contribution in [0.2, 0.25) is 0 Å². The molecule has 0 aromatic heterocycles. The molecular weight excluding hydrogens is 483 g/mol. The molecule has 2 aliphatic heterocycles. The van der Waals surface area contributed by atoms with Crippen LogP contribution in [0.3, 0.4) is 0 Å². The molecule has 0 N–H and O–H groups in total. The zero-order valence-electron chi connectivity index (χ0n) is 13.8. The molecule has 31 heavy (non-hydrogen) atoms. The molecule has 0 fully saturated rings. The third-order valence-electron chi connectivity index (χ3n) is 3.76. The van der Waals surface area contributed by atoms with Gasteiger partial charge in [-0.25, -0.2) is 4.99 Å². The van der Waals surface area contributed by atoms with E-state index in [0.29, 0.717) is 12.2 Å². The Morgan fingerprint density at radius 1 is 0.677 bits per heavy atom. The van der Waals surface area contributed by atoms with Crippen molar-refractivity contribution in [3.63, 3.8) is 0 Å². The quantitative estimate of drug-likeness (QED) is 0.382. The molecule has 0 saturated heterocycles. The van der Waals surface area contributed by atoms with Crippen molar-refractivity contribution in [2.24, 2.45) is 9.98 Å². The predicted octanol–water partition coefficient (Wildman–Crippen LogP) is 5.47. The second-order valence-corrected chi connectivity index (χ2v) is 5.86. The highest BCUT2D eigenvalue weighted by atomic mass is 19.4. The van der Waals surface area contributed by atoms with Crippen LogP contribution in [-0.2, 0) is 0 Å². The Bertz CT molecular complexity index is 860. The summed E-state index contributed by atoms with van der Waals surface area (Å²) in [6.07, 6.45) is -12.9. The summed E-state index contributed by atoms with van der Waals surface area (Å²) in [6, 6.07) is 0. The first-order chi connectivity index (χ1) is 13.5. The van der Waals surface area contributed by atoms with Crippen molar-refractivity contribution < 1.29 is 65.9 Å². The molecule has 0 bridgehead atoms. The van der Waals surface area contributed by atoms with E-state index < -0.39 is 58.5 Å². The maximum absolute atomic E-state index is 14.6. The maximum atomic E-state index is 14.6. The first-order valence-electron chi connectivity index (χ1n) is 7.22. The van der Waals surface area contributed by atoms with Crippen LogP contribution in [0.4, 0.5) is 65.9 Å². The normalized spacial score (nSPS) is 23.5. The third-order valence-corrected chi connectivity index (χ3v) is 3.76. The van der Waals surface area contributed by atoms with Crippen molar-refractivity contribution >= 4 is 11.7 Å². The molecule has 2 rings (SSSR count). The van der Waals surface area contributed by atoms with Crippen LogP contribution >= 0.6 is 0 Å². The molecule has 2 aliphatic rings. The fourth-order valence-corrected chi connectivity index (χ4v) is 2.13. The lowest BCUT2D eigenvalue weighted by Crippen LogP contribution is -2.66. The predicted molar refractivity (Wildman–Crippen MR) is 70.7 cm³/mol. The SMILES string of the molecule is FC(F)(F)C(F)(F)C(F)(F)C1=NC(F)(C(F)(F)C(F)(F)C(F)(F)F)N=C2C=CC=CN21. The minimum absolute atomic E-state index is 0.123. The van der Waals surface area contributed by atoms with Gasteiger partial charge in [0, 0.05) is 6.20 Å². The van der Waals surface area contributed by atoms with Crippen LogP contribution < -0.4 is 0 Å². The smallest absolute Gasteiger partial charge is 0.284 e. The molecule has 0 radical (unpaired) electrons. The molecule has 0 aromatic rings. The fourth-order valence-electron chi connectivity index (χ4n) is 2.13. The van der Waals surface area contributed by atoms with E-state index in [4.69, 9.17) is 0 Å². The molecule has 0 aromatic carbocycles. The summed E-state index contributed by atoms with van der Waals surface area (Å²) < 4.78 is 198. The number of nitrogens with zero attached hydrogens (tertiary/aromatic N) is 3. The minimum Gasteiger partial charge on any atom is -0.284 e. The number of hydrogen-bond donors (Lipinski definition) is 0. The van der Waals surface area contributed by atoms with Crippen molar-refractivity contribution in [3.05, 3.63) is 24.4 Å². The van der Waals surface area contributed by atoms with Crippen LogP contribution in [0.15, 0.2) is 34.4 Å². The summed E-state index contributed by atoms with van der Waals surface area (Å²) in [5, 5.41) is 0. The van der Waals surface area contributed by atoms with Crippen molar-refractivity contribution in [3.8, 4) is 0 Å².